The van der Waals surface area contributed by atoms with Crippen molar-refractivity contribution in [2.24, 2.45) is 5.92 Å². The van der Waals surface area contributed by atoms with Crippen molar-refractivity contribution in [2.45, 2.75) is 49.4 Å². The molecule has 4 rings (SSSR count). The van der Waals surface area contributed by atoms with Crippen molar-refractivity contribution in [1.29, 1.82) is 0 Å². The number of anilines is 2. The van der Waals surface area contributed by atoms with E-state index in [1.807, 2.05) is 11.0 Å². The van der Waals surface area contributed by atoms with Crippen LogP contribution in [0.5, 0.6) is 0 Å². The van der Waals surface area contributed by atoms with Crippen molar-refractivity contribution in [2.75, 3.05) is 36.4 Å². The summed E-state index contributed by atoms with van der Waals surface area (Å²) in [4.78, 5) is 28.6. The molecule has 35 heavy (non-hydrogen) atoms. The van der Waals surface area contributed by atoms with Gasteiger partial charge in [0.05, 0.1) is 34.1 Å². The van der Waals surface area contributed by atoms with Gasteiger partial charge in [0.15, 0.2) is 9.84 Å². The van der Waals surface area contributed by atoms with E-state index in [9.17, 15) is 18.0 Å². The first kappa shape index (κ1) is 24.9. The van der Waals surface area contributed by atoms with Crippen molar-refractivity contribution >= 4 is 33.2 Å². The van der Waals surface area contributed by atoms with Crippen LogP contribution in [0.1, 0.15) is 33.6 Å². The van der Waals surface area contributed by atoms with Crippen molar-refractivity contribution in [1.82, 2.24) is 15.1 Å². The average molecular weight is 502 g/mol. The molecular formula is C24H31N5O5S. The Morgan fingerprint density at radius 1 is 1.03 bits per heavy atom. The van der Waals surface area contributed by atoms with E-state index in [2.05, 4.69) is 15.5 Å². The van der Waals surface area contributed by atoms with E-state index < -0.39 is 26.8 Å². The molecule has 3 heterocycles. The van der Waals surface area contributed by atoms with E-state index in [-0.39, 0.29) is 16.7 Å². The lowest BCUT2D eigenvalue weighted by atomic mass is 9.98. The second kappa shape index (κ2) is 9.80. The molecule has 0 spiro atoms. The summed E-state index contributed by atoms with van der Waals surface area (Å²) in [5.74, 6) is -0.255. The van der Waals surface area contributed by atoms with Gasteiger partial charge in [0.25, 0.3) is 0 Å². The van der Waals surface area contributed by atoms with E-state index in [1.165, 1.54) is 12.1 Å². The molecule has 0 bridgehead atoms. The molecule has 0 unspecified atom stereocenters. The third-order valence-corrected chi connectivity index (χ3v) is 8.45. The summed E-state index contributed by atoms with van der Waals surface area (Å²) in [6, 6.07) is 8.14. The van der Waals surface area contributed by atoms with Gasteiger partial charge >= 0.3 is 6.09 Å². The number of rotatable bonds is 5. The Morgan fingerprint density at radius 2 is 1.69 bits per heavy atom. The van der Waals surface area contributed by atoms with E-state index in [0.29, 0.717) is 44.7 Å². The van der Waals surface area contributed by atoms with Gasteiger partial charge in [-0.3, -0.25) is 4.79 Å². The van der Waals surface area contributed by atoms with Crippen molar-refractivity contribution < 1.29 is 22.7 Å². The molecule has 2 saturated heterocycles. The van der Waals surface area contributed by atoms with Gasteiger partial charge in [-0.25, -0.2) is 13.2 Å². The highest BCUT2D eigenvalue weighted by atomic mass is 32.2. The molecule has 2 aromatic rings. The fourth-order valence-electron chi connectivity index (χ4n) is 4.17. The fraction of sp³-hybridized carbons (Fsp3) is 0.500. The number of sulfone groups is 1. The summed E-state index contributed by atoms with van der Waals surface area (Å²) in [6.07, 6.45) is 3.56. The normalized spacial score (nSPS) is 17.6. The third kappa shape index (κ3) is 5.90. The average Bonchev–Trinajstić information content (AvgIpc) is 2.78. The molecule has 188 valence electrons. The number of benzene rings is 1. The van der Waals surface area contributed by atoms with Crippen LogP contribution >= 0.6 is 0 Å². The van der Waals surface area contributed by atoms with Gasteiger partial charge in [0.2, 0.25) is 5.91 Å². The highest BCUT2D eigenvalue weighted by Gasteiger charge is 2.35. The highest BCUT2D eigenvalue weighted by molar-refractivity contribution is 7.92. The Labute approximate surface area is 205 Å². The van der Waals surface area contributed by atoms with Gasteiger partial charge in [0, 0.05) is 31.9 Å². The number of hydrogen-bond acceptors (Lipinski definition) is 8. The van der Waals surface area contributed by atoms with Crippen LogP contribution in [0.2, 0.25) is 0 Å². The fourth-order valence-corrected chi connectivity index (χ4v) is 5.90. The summed E-state index contributed by atoms with van der Waals surface area (Å²) < 4.78 is 31.6. The first-order valence-corrected chi connectivity index (χ1v) is 13.2. The Kier molecular flexibility index (Phi) is 6.98. The zero-order valence-corrected chi connectivity index (χ0v) is 21.0. The van der Waals surface area contributed by atoms with Crippen molar-refractivity contribution in [3.8, 4) is 0 Å². The van der Waals surface area contributed by atoms with E-state index in [1.54, 1.807) is 50.2 Å². The molecule has 0 radical (unpaired) electrons. The summed E-state index contributed by atoms with van der Waals surface area (Å²) in [7, 11) is -3.55. The Hall–Kier alpha value is -3.21. The van der Waals surface area contributed by atoms with Gasteiger partial charge in [-0.15, -0.1) is 0 Å². The SMILES string of the molecule is CC(C)(C)OC(=O)N1CCC(S(=O)(=O)c2ccc(NC(=O)C3CN(c4ccnnc4)C3)cc2)CC1. The van der Waals surface area contributed by atoms with Gasteiger partial charge < -0.3 is 19.9 Å². The topological polar surface area (TPSA) is 122 Å². The molecule has 0 atom stereocenters. The van der Waals surface area contributed by atoms with Crippen molar-refractivity contribution in [3.05, 3.63) is 42.7 Å². The molecule has 2 aliphatic heterocycles. The van der Waals surface area contributed by atoms with Crippen LogP contribution in [0.3, 0.4) is 0 Å². The molecule has 2 fully saturated rings. The smallest absolute Gasteiger partial charge is 0.410 e. The summed E-state index contributed by atoms with van der Waals surface area (Å²) in [5.41, 5.74) is 0.889. The number of amides is 2. The lowest BCUT2D eigenvalue weighted by molar-refractivity contribution is -0.120. The van der Waals surface area contributed by atoms with Crippen LogP contribution in [0.15, 0.2) is 47.6 Å². The van der Waals surface area contributed by atoms with Crippen LogP contribution < -0.4 is 10.2 Å². The molecule has 0 aliphatic carbocycles. The minimum atomic E-state index is -3.55. The van der Waals surface area contributed by atoms with Crippen LogP contribution in [0.25, 0.3) is 0 Å². The highest BCUT2D eigenvalue weighted by Crippen LogP contribution is 2.28. The van der Waals surface area contributed by atoms with Crippen LogP contribution in [-0.2, 0) is 19.4 Å². The number of likely N-dealkylation sites (tertiary alicyclic amines) is 1. The van der Waals surface area contributed by atoms with Gasteiger partial charge in [-0.2, -0.15) is 10.2 Å². The molecule has 2 aliphatic rings. The van der Waals surface area contributed by atoms with Crippen LogP contribution in [0, 0.1) is 5.92 Å². The maximum absolute atomic E-state index is 13.1. The number of carbonyl (C=O) groups is 2. The molecule has 1 N–H and O–H groups in total. The predicted molar refractivity (Wildman–Crippen MR) is 131 cm³/mol. The zero-order valence-electron chi connectivity index (χ0n) is 20.2. The monoisotopic (exact) mass is 501 g/mol. The maximum atomic E-state index is 13.1. The number of carbonyl (C=O) groups excluding carboxylic acids is 2. The Morgan fingerprint density at radius 3 is 2.26 bits per heavy atom. The van der Waals surface area contributed by atoms with Gasteiger partial charge in [-0.05, 0) is 63.9 Å². The second-order valence-corrected chi connectivity index (χ2v) is 12.2. The largest absolute Gasteiger partial charge is 0.444 e. The third-order valence-electron chi connectivity index (χ3n) is 6.17. The minimum absolute atomic E-state index is 0.103. The van der Waals surface area contributed by atoms with E-state index in [4.69, 9.17) is 4.74 Å². The van der Waals surface area contributed by atoms with E-state index in [0.717, 1.165) is 5.69 Å². The Bertz CT molecular complexity index is 1150. The molecule has 1 aromatic carbocycles. The standard InChI is InChI=1S/C24H31N5O5S/c1-24(2,3)34-23(31)28-12-9-21(10-13-28)35(32,33)20-6-4-18(5-7-20)27-22(30)17-15-29(16-17)19-8-11-25-26-14-19/h4-8,11,14,17,21H,9-10,12-13,15-16H2,1-3H3,(H,27,30). The molecule has 0 saturated carbocycles. The number of nitrogens with one attached hydrogen (secondary N) is 1. The number of hydrogen-bond donors (Lipinski definition) is 1. The molecular weight excluding hydrogens is 470 g/mol. The summed E-state index contributed by atoms with van der Waals surface area (Å²) in [6.45, 7) is 7.25. The summed E-state index contributed by atoms with van der Waals surface area (Å²) in [5, 5.41) is 9.90. The van der Waals surface area contributed by atoms with Crippen LogP contribution in [0.4, 0.5) is 16.2 Å². The number of piperidine rings is 1. The molecule has 10 nitrogen and oxygen atoms in total. The zero-order chi connectivity index (χ0) is 25.2. The summed E-state index contributed by atoms with van der Waals surface area (Å²) >= 11 is 0. The second-order valence-electron chi connectivity index (χ2n) is 9.93. The van der Waals surface area contributed by atoms with Gasteiger partial charge in [-0.1, -0.05) is 0 Å². The predicted octanol–water partition coefficient (Wildman–Crippen LogP) is 2.72. The first-order chi connectivity index (χ1) is 16.5. The molecule has 2 amide bonds. The number of nitrogens with zero attached hydrogens (tertiary/aromatic N) is 4. The van der Waals surface area contributed by atoms with Crippen molar-refractivity contribution in [3.63, 3.8) is 0 Å². The molecule has 1 aromatic heterocycles. The lowest BCUT2D eigenvalue weighted by Gasteiger charge is -2.39. The van der Waals surface area contributed by atoms with E-state index >= 15 is 0 Å². The molecule has 11 heteroatoms. The number of aromatic nitrogens is 2. The van der Waals surface area contributed by atoms with Gasteiger partial charge in [0.1, 0.15) is 5.60 Å². The maximum Gasteiger partial charge on any atom is 0.410 e. The first-order valence-electron chi connectivity index (χ1n) is 11.7. The lowest BCUT2D eigenvalue weighted by Crippen LogP contribution is -2.52. The quantitative estimate of drug-likeness (QED) is 0.664. The van der Waals surface area contributed by atoms with Crippen LogP contribution in [-0.4, -0.2) is 72.5 Å². The Balaban J connectivity index is 1.29. The minimum Gasteiger partial charge on any atom is -0.444 e. The number of ether oxygens (including phenoxy) is 1.